The first-order chi connectivity index (χ1) is 12.0. The van der Waals surface area contributed by atoms with Gasteiger partial charge in [-0.05, 0) is 37.3 Å². The first-order valence-corrected chi connectivity index (χ1v) is 7.64. The number of esters is 1. The first-order valence-electron chi connectivity index (χ1n) is 7.26. The summed E-state index contributed by atoms with van der Waals surface area (Å²) in [6, 6.07) is 7.39. The molecule has 0 N–H and O–H groups in total. The first kappa shape index (κ1) is 18.6. The van der Waals surface area contributed by atoms with E-state index in [0.29, 0.717) is 16.9 Å². The van der Waals surface area contributed by atoms with Crippen LogP contribution >= 0.6 is 11.6 Å². The number of carbonyl (C=O) groups is 1. The van der Waals surface area contributed by atoms with Gasteiger partial charge in [0.2, 0.25) is 0 Å². The highest BCUT2D eigenvalue weighted by Crippen LogP contribution is 2.26. The third-order valence-electron chi connectivity index (χ3n) is 3.27. The van der Waals surface area contributed by atoms with E-state index in [-0.39, 0.29) is 29.8 Å². The quantitative estimate of drug-likeness (QED) is 0.341. The summed E-state index contributed by atoms with van der Waals surface area (Å²) in [5.74, 6) is -1.15. The molecule has 0 unspecified atom stereocenters. The monoisotopic (exact) mass is 363 g/mol. The van der Waals surface area contributed by atoms with Crippen LogP contribution < -0.4 is 0 Å². The van der Waals surface area contributed by atoms with Crippen molar-refractivity contribution in [1.82, 2.24) is 9.78 Å². The van der Waals surface area contributed by atoms with E-state index in [2.05, 4.69) is 5.10 Å². The van der Waals surface area contributed by atoms with Crippen molar-refractivity contribution in [3.8, 4) is 11.8 Å². The number of hydrogen-bond donors (Lipinski definition) is 0. The van der Waals surface area contributed by atoms with Gasteiger partial charge in [0, 0.05) is 12.7 Å². The Morgan fingerprint density at radius 1 is 1.40 bits per heavy atom. The fourth-order valence-electron chi connectivity index (χ4n) is 2.01. The van der Waals surface area contributed by atoms with Gasteiger partial charge in [0.05, 0.1) is 18.0 Å². The summed E-state index contributed by atoms with van der Waals surface area (Å²) in [6.07, 6.45) is 1.32. The molecule has 0 aliphatic carbocycles. The van der Waals surface area contributed by atoms with Crippen LogP contribution in [0.15, 0.2) is 29.8 Å². The lowest BCUT2D eigenvalue weighted by atomic mass is 10.1. The van der Waals surface area contributed by atoms with Crippen molar-refractivity contribution in [2.45, 2.75) is 6.92 Å². The van der Waals surface area contributed by atoms with E-state index in [1.165, 1.54) is 42.1 Å². The number of ether oxygens (including phenoxy) is 2. The summed E-state index contributed by atoms with van der Waals surface area (Å²) in [5.41, 5.74) is 1.26. The Kier molecular flexibility index (Phi) is 6.28. The van der Waals surface area contributed by atoms with Crippen molar-refractivity contribution in [1.29, 1.82) is 5.26 Å². The molecule has 0 atom stereocenters. The summed E-state index contributed by atoms with van der Waals surface area (Å²) in [6.45, 7) is 1.95. The Morgan fingerprint density at radius 2 is 2.08 bits per heavy atom. The summed E-state index contributed by atoms with van der Waals surface area (Å²) in [7, 11) is 1.47. The number of carbonyl (C=O) groups excluding carboxylic acids is 1. The number of hydrogen-bond acceptors (Lipinski definition) is 5. The number of benzene rings is 1. The number of aryl methyl sites for hydroxylation is 1. The number of nitriles is 1. The van der Waals surface area contributed by atoms with Gasteiger partial charge < -0.3 is 9.47 Å². The lowest BCUT2D eigenvalue weighted by molar-refractivity contribution is -0.139. The molecule has 25 heavy (non-hydrogen) atoms. The summed E-state index contributed by atoms with van der Waals surface area (Å²) < 4.78 is 24.2. The molecule has 6 nitrogen and oxygen atoms in total. The van der Waals surface area contributed by atoms with E-state index in [0.717, 1.165) is 0 Å². The molecule has 2 rings (SSSR count). The molecule has 0 fully saturated rings. The zero-order chi connectivity index (χ0) is 18.4. The van der Waals surface area contributed by atoms with Crippen LogP contribution in [0.3, 0.4) is 0 Å². The standard InChI is InChI=1S/C17H15ClFN3O3/c1-11-15(9-12(10-20)17(23)25-8-7-24-2)16(18)22(21-11)14-5-3-13(19)4-6-14/h3-6,9H,7-8H2,1-2H3/b12-9+. The molecule has 0 aliphatic heterocycles. The fraction of sp³-hybridized carbons (Fsp3) is 0.235. The van der Waals surface area contributed by atoms with Gasteiger partial charge in [0.1, 0.15) is 29.2 Å². The minimum Gasteiger partial charge on any atom is -0.459 e. The van der Waals surface area contributed by atoms with Gasteiger partial charge in [0.15, 0.2) is 0 Å². The number of nitrogens with zero attached hydrogens (tertiary/aromatic N) is 3. The van der Waals surface area contributed by atoms with Gasteiger partial charge in [0.25, 0.3) is 0 Å². The van der Waals surface area contributed by atoms with Crippen LogP contribution in [0.1, 0.15) is 11.3 Å². The van der Waals surface area contributed by atoms with E-state index in [1.807, 2.05) is 0 Å². The maximum atomic E-state index is 13.1. The molecule has 2 aromatic rings. The Labute approximate surface area is 149 Å². The molecule has 130 valence electrons. The van der Waals surface area contributed by atoms with Gasteiger partial charge in [-0.3, -0.25) is 0 Å². The van der Waals surface area contributed by atoms with Gasteiger partial charge >= 0.3 is 5.97 Å². The third kappa shape index (κ3) is 4.44. The van der Waals surface area contributed by atoms with Gasteiger partial charge in [-0.1, -0.05) is 11.6 Å². The zero-order valence-electron chi connectivity index (χ0n) is 13.6. The van der Waals surface area contributed by atoms with Crippen molar-refractivity contribution in [2.24, 2.45) is 0 Å². The Balaban J connectivity index is 2.34. The molecule has 1 aromatic carbocycles. The maximum absolute atomic E-state index is 13.1. The highest BCUT2D eigenvalue weighted by molar-refractivity contribution is 6.31. The van der Waals surface area contributed by atoms with E-state index in [9.17, 15) is 14.4 Å². The van der Waals surface area contributed by atoms with Crippen molar-refractivity contribution >= 4 is 23.6 Å². The molecule has 0 amide bonds. The second-order valence-electron chi connectivity index (χ2n) is 4.98. The van der Waals surface area contributed by atoms with Gasteiger partial charge in [-0.25, -0.2) is 13.9 Å². The van der Waals surface area contributed by atoms with E-state index < -0.39 is 5.97 Å². The Bertz CT molecular complexity index is 838. The SMILES string of the molecule is COCCOC(=O)/C(C#N)=C/c1c(C)nn(-c2ccc(F)cc2)c1Cl. The number of rotatable bonds is 6. The van der Waals surface area contributed by atoms with Crippen LogP contribution in [-0.4, -0.2) is 36.1 Å². The van der Waals surface area contributed by atoms with Gasteiger partial charge in [-0.2, -0.15) is 10.4 Å². The number of aromatic nitrogens is 2. The predicted octanol–water partition coefficient (Wildman–Crippen LogP) is 3.07. The molecule has 0 saturated heterocycles. The number of halogens is 2. The fourth-order valence-corrected chi connectivity index (χ4v) is 2.33. The van der Waals surface area contributed by atoms with E-state index in [4.69, 9.17) is 21.1 Å². The van der Waals surface area contributed by atoms with Crippen LogP contribution in [-0.2, 0) is 14.3 Å². The summed E-state index contributed by atoms with van der Waals surface area (Å²) >= 11 is 6.32. The van der Waals surface area contributed by atoms with Crippen LogP contribution in [0.25, 0.3) is 11.8 Å². The topological polar surface area (TPSA) is 77.1 Å². The third-order valence-corrected chi connectivity index (χ3v) is 3.63. The van der Waals surface area contributed by atoms with Crippen molar-refractivity contribution < 1.29 is 18.7 Å². The van der Waals surface area contributed by atoms with Crippen molar-refractivity contribution in [3.63, 3.8) is 0 Å². The summed E-state index contributed by atoms with van der Waals surface area (Å²) in [4.78, 5) is 11.9. The van der Waals surface area contributed by atoms with E-state index in [1.54, 1.807) is 13.0 Å². The second-order valence-corrected chi connectivity index (χ2v) is 5.33. The van der Waals surface area contributed by atoms with Crippen LogP contribution in [0.4, 0.5) is 4.39 Å². The maximum Gasteiger partial charge on any atom is 0.348 e. The van der Waals surface area contributed by atoms with E-state index >= 15 is 0 Å². The average Bonchev–Trinajstić information content (AvgIpc) is 2.88. The minimum absolute atomic E-state index is 0.0376. The lowest BCUT2D eigenvalue weighted by Crippen LogP contribution is -2.11. The van der Waals surface area contributed by atoms with Gasteiger partial charge in [-0.15, -0.1) is 0 Å². The van der Waals surface area contributed by atoms with Crippen LogP contribution in [0.5, 0.6) is 0 Å². The molecule has 8 heteroatoms. The molecule has 1 heterocycles. The molecular formula is C17H15ClFN3O3. The molecule has 1 aromatic heterocycles. The van der Waals surface area contributed by atoms with Crippen molar-refractivity contribution in [2.75, 3.05) is 20.3 Å². The molecule has 0 aliphatic rings. The molecular weight excluding hydrogens is 349 g/mol. The Morgan fingerprint density at radius 3 is 2.68 bits per heavy atom. The molecule has 0 saturated carbocycles. The Hall–Kier alpha value is -2.69. The molecule has 0 bridgehead atoms. The van der Waals surface area contributed by atoms with Crippen LogP contribution in [0, 0.1) is 24.1 Å². The normalized spacial score (nSPS) is 11.2. The van der Waals surface area contributed by atoms with Crippen LogP contribution in [0.2, 0.25) is 5.15 Å². The largest absolute Gasteiger partial charge is 0.459 e. The second kappa shape index (κ2) is 8.42. The highest BCUT2D eigenvalue weighted by Gasteiger charge is 2.17. The zero-order valence-corrected chi connectivity index (χ0v) is 14.4. The smallest absolute Gasteiger partial charge is 0.348 e. The lowest BCUT2D eigenvalue weighted by Gasteiger charge is -2.03. The highest BCUT2D eigenvalue weighted by atomic mass is 35.5. The predicted molar refractivity (Wildman–Crippen MR) is 89.7 cm³/mol. The van der Waals surface area contributed by atoms with Crippen molar-refractivity contribution in [3.05, 3.63) is 52.1 Å². The average molecular weight is 364 g/mol. The molecule has 0 spiro atoms. The number of methoxy groups -OCH3 is 1. The minimum atomic E-state index is -0.774. The summed E-state index contributed by atoms with van der Waals surface area (Å²) in [5, 5.41) is 13.7. The molecule has 0 radical (unpaired) electrons.